The van der Waals surface area contributed by atoms with Crippen LogP contribution in [0.4, 0.5) is 0 Å². The van der Waals surface area contributed by atoms with Gasteiger partial charge in [-0.3, -0.25) is 0 Å². The molecule has 0 aliphatic rings. The molecule has 0 rings (SSSR count). The smallest absolute Gasteiger partial charge is 0.0780 e. The molecule has 16 heavy (non-hydrogen) atoms. The topological polar surface area (TPSA) is 30.5 Å². The first kappa shape index (κ1) is 15.9. The van der Waals surface area contributed by atoms with Gasteiger partial charge in [-0.1, -0.05) is 6.92 Å². The first-order chi connectivity index (χ1) is 7.70. The summed E-state index contributed by atoms with van der Waals surface area (Å²) in [7, 11) is 0. The highest BCUT2D eigenvalue weighted by Crippen LogP contribution is 2.02. The third kappa shape index (κ3) is 10.4. The molecule has 0 aliphatic heterocycles. The molecule has 3 heteroatoms. The Morgan fingerprint density at radius 2 is 1.88 bits per heavy atom. The molecule has 2 unspecified atom stereocenters. The molecule has 0 aromatic heterocycles. The van der Waals surface area contributed by atoms with Gasteiger partial charge in [0, 0.05) is 19.3 Å². The van der Waals surface area contributed by atoms with E-state index in [0.717, 1.165) is 26.2 Å². The van der Waals surface area contributed by atoms with Crippen molar-refractivity contribution >= 4 is 0 Å². The van der Waals surface area contributed by atoms with Crippen LogP contribution < -0.4 is 5.32 Å². The Kier molecular flexibility index (Phi) is 11.3. The molecule has 0 saturated carbocycles. The first-order valence-corrected chi connectivity index (χ1v) is 6.63. The largest absolute Gasteiger partial charge is 0.379 e. The summed E-state index contributed by atoms with van der Waals surface area (Å²) in [6.07, 6.45) is 3.84. The minimum Gasteiger partial charge on any atom is -0.379 e. The van der Waals surface area contributed by atoms with E-state index in [1.807, 2.05) is 6.92 Å². The van der Waals surface area contributed by atoms with Crippen LogP contribution in [0, 0.1) is 0 Å². The lowest BCUT2D eigenvalue weighted by atomic mass is 10.1. The Hall–Kier alpha value is -0.120. The van der Waals surface area contributed by atoms with Gasteiger partial charge in [0.2, 0.25) is 0 Å². The van der Waals surface area contributed by atoms with Crippen LogP contribution in [0.1, 0.15) is 47.0 Å². The molecule has 3 nitrogen and oxygen atoms in total. The Labute approximate surface area is 101 Å². The van der Waals surface area contributed by atoms with E-state index < -0.39 is 0 Å². The molecule has 0 heterocycles. The summed E-state index contributed by atoms with van der Waals surface area (Å²) in [5, 5.41) is 3.41. The number of rotatable bonds is 11. The molecule has 98 valence electrons. The minimum absolute atomic E-state index is 0.228. The fraction of sp³-hybridized carbons (Fsp3) is 1.00. The second-order valence-electron chi connectivity index (χ2n) is 4.30. The van der Waals surface area contributed by atoms with Crippen LogP contribution in [0.15, 0.2) is 0 Å². The van der Waals surface area contributed by atoms with Crippen molar-refractivity contribution < 1.29 is 9.47 Å². The summed E-state index contributed by atoms with van der Waals surface area (Å²) in [5.41, 5.74) is 0. The molecule has 0 aliphatic carbocycles. The van der Waals surface area contributed by atoms with Gasteiger partial charge in [-0.2, -0.15) is 0 Å². The summed E-state index contributed by atoms with van der Waals surface area (Å²) in [4.78, 5) is 0. The maximum absolute atomic E-state index is 5.64. The van der Waals surface area contributed by atoms with Crippen LogP contribution in [0.3, 0.4) is 0 Å². The van der Waals surface area contributed by atoms with Crippen molar-refractivity contribution in [2.45, 2.75) is 59.1 Å². The molecule has 0 aromatic carbocycles. The number of hydrogen-bond acceptors (Lipinski definition) is 3. The molecule has 0 bridgehead atoms. The van der Waals surface area contributed by atoms with Gasteiger partial charge in [-0.05, 0) is 46.6 Å². The monoisotopic (exact) mass is 231 g/mol. The maximum Gasteiger partial charge on any atom is 0.0780 e. The summed E-state index contributed by atoms with van der Waals surface area (Å²) in [6, 6.07) is 0.630. The number of ether oxygens (including phenoxy) is 2. The fourth-order valence-corrected chi connectivity index (χ4v) is 1.62. The lowest BCUT2D eigenvalue weighted by Gasteiger charge is -2.14. The average molecular weight is 231 g/mol. The Balaban J connectivity index is 3.19. The number of nitrogens with one attached hydrogen (secondary N) is 1. The predicted octanol–water partition coefficient (Wildman–Crippen LogP) is 2.60. The van der Waals surface area contributed by atoms with Crippen molar-refractivity contribution in [1.82, 2.24) is 5.32 Å². The van der Waals surface area contributed by atoms with E-state index in [9.17, 15) is 0 Å². The number of unbranched alkanes of at least 4 members (excludes halogenated alkanes) is 1. The SMILES string of the molecule is CCNC(C)CCCCOC(C)COCC. The molecule has 0 radical (unpaired) electrons. The van der Waals surface area contributed by atoms with Gasteiger partial charge in [0.1, 0.15) is 0 Å². The van der Waals surface area contributed by atoms with Gasteiger partial charge in [0.15, 0.2) is 0 Å². The minimum atomic E-state index is 0.228. The second kappa shape index (κ2) is 11.4. The highest BCUT2D eigenvalue weighted by atomic mass is 16.5. The fourth-order valence-electron chi connectivity index (χ4n) is 1.62. The average Bonchev–Trinajstić information content (AvgIpc) is 2.26. The van der Waals surface area contributed by atoms with Crippen molar-refractivity contribution in [1.29, 1.82) is 0 Å². The van der Waals surface area contributed by atoms with Crippen LogP contribution in [0.5, 0.6) is 0 Å². The van der Waals surface area contributed by atoms with Gasteiger partial charge < -0.3 is 14.8 Å². The van der Waals surface area contributed by atoms with Crippen molar-refractivity contribution in [3.63, 3.8) is 0 Å². The van der Waals surface area contributed by atoms with Crippen molar-refractivity contribution in [3.8, 4) is 0 Å². The predicted molar refractivity (Wildman–Crippen MR) is 68.9 cm³/mol. The van der Waals surface area contributed by atoms with E-state index in [1.54, 1.807) is 0 Å². The van der Waals surface area contributed by atoms with Gasteiger partial charge in [0.05, 0.1) is 12.7 Å². The normalized spacial score (nSPS) is 15.0. The summed E-state index contributed by atoms with van der Waals surface area (Å²) < 4.78 is 10.9. The summed E-state index contributed by atoms with van der Waals surface area (Å²) in [6.45, 7) is 11.9. The van der Waals surface area contributed by atoms with Crippen molar-refractivity contribution in [2.24, 2.45) is 0 Å². The second-order valence-corrected chi connectivity index (χ2v) is 4.30. The maximum atomic E-state index is 5.64. The zero-order valence-corrected chi connectivity index (χ0v) is 11.4. The molecule has 1 N–H and O–H groups in total. The highest BCUT2D eigenvalue weighted by molar-refractivity contribution is 4.58. The lowest BCUT2D eigenvalue weighted by molar-refractivity contribution is -0.00466. The molecule has 0 spiro atoms. The van der Waals surface area contributed by atoms with Crippen LogP contribution in [0.2, 0.25) is 0 Å². The lowest BCUT2D eigenvalue weighted by Crippen LogP contribution is -2.25. The Morgan fingerprint density at radius 1 is 1.12 bits per heavy atom. The zero-order chi connectivity index (χ0) is 12.2. The molecular formula is C13H29NO2. The van der Waals surface area contributed by atoms with Gasteiger partial charge in [-0.25, -0.2) is 0 Å². The van der Waals surface area contributed by atoms with E-state index in [-0.39, 0.29) is 6.10 Å². The van der Waals surface area contributed by atoms with Gasteiger partial charge in [0.25, 0.3) is 0 Å². The third-order valence-electron chi connectivity index (χ3n) is 2.54. The van der Waals surface area contributed by atoms with Crippen LogP contribution in [-0.4, -0.2) is 38.5 Å². The van der Waals surface area contributed by atoms with E-state index in [4.69, 9.17) is 9.47 Å². The molecule has 0 aromatic rings. The van der Waals surface area contributed by atoms with Crippen LogP contribution >= 0.6 is 0 Å². The van der Waals surface area contributed by atoms with E-state index in [2.05, 4.69) is 26.1 Å². The highest BCUT2D eigenvalue weighted by Gasteiger charge is 2.02. The van der Waals surface area contributed by atoms with Gasteiger partial charge >= 0.3 is 0 Å². The summed E-state index contributed by atoms with van der Waals surface area (Å²) >= 11 is 0. The van der Waals surface area contributed by atoms with E-state index in [0.29, 0.717) is 12.6 Å². The van der Waals surface area contributed by atoms with E-state index in [1.165, 1.54) is 12.8 Å². The zero-order valence-electron chi connectivity index (χ0n) is 11.4. The quantitative estimate of drug-likeness (QED) is 0.554. The molecule has 0 amide bonds. The summed E-state index contributed by atoms with van der Waals surface area (Å²) in [5.74, 6) is 0. The third-order valence-corrected chi connectivity index (χ3v) is 2.54. The van der Waals surface area contributed by atoms with E-state index >= 15 is 0 Å². The van der Waals surface area contributed by atoms with Crippen molar-refractivity contribution in [2.75, 3.05) is 26.4 Å². The van der Waals surface area contributed by atoms with Gasteiger partial charge in [-0.15, -0.1) is 0 Å². The standard InChI is InChI=1S/C13H29NO2/c1-5-14-12(3)9-7-8-10-16-13(4)11-15-6-2/h12-14H,5-11H2,1-4H3. The van der Waals surface area contributed by atoms with Crippen LogP contribution in [-0.2, 0) is 9.47 Å². The van der Waals surface area contributed by atoms with Crippen molar-refractivity contribution in [3.05, 3.63) is 0 Å². The Bertz CT molecular complexity index is 142. The number of hydrogen-bond donors (Lipinski definition) is 1. The molecule has 2 atom stereocenters. The molecular weight excluding hydrogens is 202 g/mol. The molecule has 0 saturated heterocycles. The molecule has 0 fully saturated rings. The Morgan fingerprint density at radius 3 is 2.50 bits per heavy atom. The first-order valence-electron chi connectivity index (χ1n) is 6.63. The van der Waals surface area contributed by atoms with Crippen LogP contribution in [0.25, 0.3) is 0 Å².